The maximum Gasteiger partial charge on any atom is 0.191 e. The van der Waals surface area contributed by atoms with Crippen LogP contribution in [0.1, 0.15) is 34.6 Å². The van der Waals surface area contributed by atoms with E-state index in [1.54, 1.807) is 14.2 Å². The van der Waals surface area contributed by atoms with Crippen LogP contribution >= 0.6 is 24.0 Å². The second kappa shape index (κ2) is 10.8. The summed E-state index contributed by atoms with van der Waals surface area (Å²) in [4.78, 5) is 6.78. The molecule has 0 amide bonds. The van der Waals surface area contributed by atoms with Gasteiger partial charge in [0, 0.05) is 45.9 Å². The smallest absolute Gasteiger partial charge is 0.191 e. The molecule has 1 fully saturated rings. The van der Waals surface area contributed by atoms with E-state index in [0.29, 0.717) is 0 Å². The molecule has 144 valence electrons. The Labute approximate surface area is 165 Å². The zero-order chi connectivity index (χ0) is 17.5. The Hall–Kier alpha value is -0.120. The summed E-state index contributed by atoms with van der Waals surface area (Å²) in [6.45, 7) is 16.2. The minimum atomic E-state index is 0. The van der Waals surface area contributed by atoms with Crippen LogP contribution < -0.4 is 10.6 Å². The van der Waals surface area contributed by atoms with E-state index in [2.05, 4.69) is 55.1 Å². The summed E-state index contributed by atoms with van der Waals surface area (Å²) in [6, 6.07) is 0. The van der Waals surface area contributed by atoms with Gasteiger partial charge in [0.2, 0.25) is 0 Å². The van der Waals surface area contributed by atoms with Crippen LogP contribution in [0.3, 0.4) is 0 Å². The third-order valence-corrected chi connectivity index (χ3v) is 4.48. The molecular formula is C17H37IN4O2. The summed E-state index contributed by atoms with van der Waals surface area (Å²) in [5.41, 5.74) is 0.153. The normalized spacial score (nSPS) is 18.7. The number of methoxy groups -OCH3 is 1. The Morgan fingerprint density at radius 2 is 1.75 bits per heavy atom. The van der Waals surface area contributed by atoms with Gasteiger partial charge in [0.15, 0.2) is 5.96 Å². The van der Waals surface area contributed by atoms with Crippen LogP contribution in [0, 0.1) is 5.41 Å². The van der Waals surface area contributed by atoms with Crippen molar-refractivity contribution in [1.29, 1.82) is 0 Å². The highest BCUT2D eigenvalue weighted by atomic mass is 127. The molecule has 2 N–H and O–H groups in total. The Morgan fingerprint density at radius 3 is 2.21 bits per heavy atom. The van der Waals surface area contributed by atoms with Crippen LogP contribution in [-0.4, -0.2) is 76.1 Å². The van der Waals surface area contributed by atoms with Crippen molar-refractivity contribution in [3.8, 4) is 0 Å². The summed E-state index contributed by atoms with van der Waals surface area (Å²) < 4.78 is 11.0. The fraction of sp³-hybridized carbons (Fsp3) is 0.941. The molecule has 1 unspecified atom stereocenters. The highest BCUT2D eigenvalue weighted by molar-refractivity contribution is 14.0. The van der Waals surface area contributed by atoms with Crippen LogP contribution in [0.5, 0.6) is 0 Å². The predicted octanol–water partition coefficient (Wildman–Crippen LogP) is 1.94. The molecule has 1 rings (SSSR count). The first-order chi connectivity index (χ1) is 10.7. The van der Waals surface area contributed by atoms with Crippen LogP contribution in [-0.2, 0) is 9.47 Å². The molecule has 0 aliphatic carbocycles. The molecule has 24 heavy (non-hydrogen) atoms. The van der Waals surface area contributed by atoms with Gasteiger partial charge < -0.3 is 20.1 Å². The average Bonchev–Trinajstić information content (AvgIpc) is 2.50. The summed E-state index contributed by atoms with van der Waals surface area (Å²) >= 11 is 0. The number of nitrogens with zero attached hydrogens (tertiary/aromatic N) is 2. The third-order valence-electron chi connectivity index (χ3n) is 4.48. The summed E-state index contributed by atoms with van der Waals surface area (Å²) in [6.07, 6.45) is 0.133. The summed E-state index contributed by atoms with van der Waals surface area (Å²) in [7, 11) is 3.56. The van der Waals surface area contributed by atoms with E-state index in [-0.39, 0.29) is 41.0 Å². The lowest BCUT2D eigenvalue weighted by Gasteiger charge is -2.41. The highest BCUT2D eigenvalue weighted by Gasteiger charge is 2.29. The van der Waals surface area contributed by atoms with Crippen LogP contribution in [0.25, 0.3) is 0 Å². The van der Waals surface area contributed by atoms with E-state index < -0.39 is 0 Å². The number of rotatable bonds is 6. The Morgan fingerprint density at radius 1 is 1.17 bits per heavy atom. The number of hydrogen-bond acceptors (Lipinski definition) is 4. The summed E-state index contributed by atoms with van der Waals surface area (Å²) in [5.74, 6) is 0.817. The van der Waals surface area contributed by atoms with Crippen molar-refractivity contribution in [2.75, 3.05) is 53.6 Å². The second-order valence-electron chi connectivity index (χ2n) is 7.81. The predicted molar refractivity (Wildman–Crippen MR) is 112 cm³/mol. The van der Waals surface area contributed by atoms with Crippen molar-refractivity contribution in [2.45, 2.75) is 46.3 Å². The highest BCUT2D eigenvalue weighted by Crippen LogP contribution is 2.21. The van der Waals surface area contributed by atoms with Gasteiger partial charge in [-0.2, -0.15) is 0 Å². The lowest BCUT2D eigenvalue weighted by Crippen LogP contribution is -2.57. The van der Waals surface area contributed by atoms with Crippen molar-refractivity contribution in [3.63, 3.8) is 0 Å². The third kappa shape index (κ3) is 7.84. The van der Waals surface area contributed by atoms with Crippen molar-refractivity contribution >= 4 is 29.9 Å². The van der Waals surface area contributed by atoms with Crippen LogP contribution in [0.4, 0.5) is 0 Å². The van der Waals surface area contributed by atoms with Crippen molar-refractivity contribution in [1.82, 2.24) is 15.5 Å². The number of morpholine rings is 1. The molecule has 7 heteroatoms. The molecule has 0 spiro atoms. The molecular weight excluding hydrogens is 419 g/mol. The van der Waals surface area contributed by atoms with E-state index in [4.69, 9.17) is 9.47 Å². The SMILES string of the molecule is CN=C(NCC(OC)C(C)(C)C)NCC(C)(C)N1CCOCC1.I. The topological polar surface area (TPSA) is 58.1 Å². The average molecular weight is 456 g/mol. The Kier molecular flexibility index (Phi) is 10.7. The minimum absolute atomic E-state index is 0. The number of halogens is 1. The fourth-order valence-electron chi connectivity index (χ4n) is 2.73. The van der Waals surface area contributed by atoms with Gasteiger partial charge >= 0.3 is 0 Å². The van der Waals surface area contributed by atoms with Gasteiger partial charge in [-0.15, -0.1) is 24.0 Å². The van der Waals surface area contributed by atoms with Crippen molar-refractivity contribution in [3.05, 3.63) is 0 Å². The zero-order valence-corrected chi connectivity index (χ0v) is 18.8. The quantitative estimate of drug-likeness (QED) is 0.364. The molecule has 0 aromatic carbocycles. The molecule has 0 aromatic heterocycles. The number of aliphatic imine (C=N–C) groups is 1. The lowest BCUT2D eigenvalue weighted by atomic mass is 9.89. The van der Waals surface area contributed by atoms with Gasteiger partial charge in [-0.3, -0.25) is 9.89 Å². The van der Waals surface area contributed by atoms with E-state index >= 15 is 0 Å². The molecule has 0 radical (unpaired) electrons. The zero-order valence-electron chi connectivity index (χ0n) is 16.4. The van der Waals surface area contributed by atoms with Crippen molar-refractivity contribution < 1.29 is 9.47 Å². The van der Waals surface area contributed by atoms with E-state index in [0.717, 1.165) is 45.4 Å². The molecule has 0 bridgehead atoms. The first kappa shape index (κ1) is 23.9. The molecule has 6 nitrogen and oxygen atoms in total. The number of hydrogen-bond donors (Lipinski definition) is 2. The molecule has 1 atom stereocenters. The van der Waals surface area contributed by atoms with E-state index in [1.807, 2.05) is 0 Å². The number of ether oxygens (including phenoxy) is 2. The molecule has 1 aliphatic heterocycles. The lowest BCUT2D eigenvalue weighted by molar-refractivity contribution is -0.00841. The molecule has 1 aliphatic rings. The maximum absolute atomic E-state index is 5.58. The maximum atomic E-state index is 5.58. The molecule has 0 aromatic rings. The number of nitrogens with one attached hydrogen (secondary N) is 2. The largest absolute Gasteiger partial charge is 0.379 e. The summed E-state index contributed by atoms with van der Waals surface area (Å²) in [5, 5.41) is 6.81. The van der Waals surface area contributed by atoms with Gasteiger partial charge in [-0.25, -0.2) is 0 Å². The molecule has 1 saturated heterocycles. The van der Waals surface area contributed by atoms with Gasteiger partial charge in [0.05, 0.1) is 19.3 Å². The fourth-order valence-corrected chi connectivity index (χ4v) is 2.73. The van der Waals surface area contributed by atoms with Gasteiger partial charge in [-0.1, -0.05) is 20.8 Å². The standard InChI is InChI=1S/C17H36N4O2.HI/c1-16(2,3)14(22-7)12-19-15(18-6)20-13-17(4,5)21-8-10-23-11-9-21;/h14H,8-13H2,1-7H3,(H2,18,19,20);1H. The molecule has 0 saturated carbocycles. The second-order valence-corrected chi connectivity index (χ2v) is 7.81. The van der Waals surface area contributed by atoms with E-state index in [1.165, 1.54) is 0 Å². The Bertz CT molecular complexity index is 377. The Balaban J connectivity index is 0.00000529. The minimum Gasteiger partial charge on any atom is -0.379 e. The monoisotopic (exact) mass is 456 g/mol. The van der Waals surface area contributed by atoms with Gasteiger partial charge in [0.25, 0.3) is 0 Å². The first-order valence-electron chi connectivity index (χ1n) is 8.51. The van der Waals surface area contributed by atoms with Crippen molar-refractivity contribution in [2.24, 2.45) is 10.4 Å². The molecule has 1 heterocycles. The van der Waals surface area contributed by atoms with Crippen LogP contribution in [0.2, 0.25) is 0 Å². The number of guanidine groups is 1. The van der Waals surface area contributed by atoms with Gasteiger partial charge in [0.1, 0.15) is 0 Å². The van der Waals surface area contributed by atoms with Crippen LogP contribution in [0.15, 0.2) is 4.99 Å². The first-order valence-corrected chi connectivity index (χ1v) is 8.51. The van der Waals surface area contributed by atoms with E-state index in [9.17, 15) is 0 Å². The van der Waals surface area contributed by atoms with Gasteiger partial charge in [-0.05, 0) is 19.3 Å².